The molecule has 4 atom stereocenters. The van der Waals surface area contributed by atoms with E-state index < -0.39 is 0 Å². The molecular formula is C15H19N3. The minimum absolute atomic E-state index is 0.753. The number of aryl methyl sites for hydroxylation is 1. The SMILES string of the molecule is Cn1cc(CNC2C3C4CCC(C4)C23)cc1C#N. The van der Waals surface area contributed by atoms with Gasteiger partial charge >= 0.3 is 0 Å². The van der Waals surface area contributed by atoms with Gasteiger partial charge in [-0.25, -0.2) is 0 Å². The van der Waals surface area contributed by atoms with Crippen LogP contribution in [0, 0.1) is 35.0 Å². The molecule has 3 heteroatoms. The van der Waals surface area contributed by atoms with Gasteiger partial charge in [-0.3, -0.25) is 0 Å². The normalized spacial score (nSPS) is 39.7. The van der Waals surface area contributed by atoms with Gasteiger partial charge in [-0.1, -0.05) is 0 Å². The van der Waals surface area contributed by atoms with E-state index >= 15 is 0 Å². The summed E-state index contributed by atoms with van der Waals surface area (Å²) in [5.41, 5.74) is 1.99. The molecule has 0 saturated heterocycles. The molecule has 0 spiro atoms. The lowest BCUT2D eigenvalue weighted by molar-refractivity contribution is 0.456. The molecule has 2 bridgehead atoms. The van der Waals surface area contributed by atoms with Gasteiger partial charge in [-0.2, -0.15) is 5.26 Å². The smallest absolute Gasteiger partial charge is 0.120 e. The van der Waals surface area contributed by atoms with Gasteiger partial charge in [0.05, 0.1) is 0 Å². The average molecular weight is 241 g/mol. The number of rotatable bonds is 3. The van der Waals surface area contributed by atoms with Crippen molar-refractivity contribution in [1.82, 2.24) is 9.88 Å². The Hall–Kier alpha value is -1.27. The molecule has 1 heterocycles. The molecule has 4 rings (SSSR count). The molecule has 3 aliphatic rings. The van der Waals surface area contributed by atoms with Crippen molar-refractivity contribution in [3.63, 3.8) is 0 Å². The fourth-order valence-electron chi connectivity index (χ4n) is 4.67. The summed E-state index contributed by atoms with van der Waals surface area (Å²) in [5.74, 6) is 4.04. The van der Waals surface area contributed by atoms with E-state index in [-0.39, 0.29) is 0 Å². The Morgan fingerprint density at radius 3 is 2.72 bits per heavy atom. The zero-order valence-electron chi connectivity index (χ0n) is 10.8. The highest BCUT2D eigenvalue weighted by Crippen LogP contribution is 2.65. The summed E-state index contributed by atoms with van der Waals surface area (Å²) in [5, 5.41) is 12.7. The Balaban J connectivity index is 1.39. The molecule has 1 N–H and O–H groups in total. The second-order valence-electron chi connectivity index (χ2n) is 6.35. The first kappa shape index (κ1) is 10.6. The Kier molecular flexibility index (Phi) is 2.14. The van der Waals surface area contributed by atoms with E-state index in [9.17, 15) is 0 Å². The third kappa shape index (κ3) is 1.39. The summed E-state index contributed by atoms with van der Waals surface area (Å²) in [7, 11) is 1.94. The van der Waals surface area contributed by atoms with Crippen molar-refractivity contribution >= 4 is 0 Å². The molecule has 1 aromatic rings. The molecule has 0 amide bonds. The predicted molar refractivity (Wildman–Crippen MR) is 68.6 cm³/mol. The van der Waals surface area contributed by atoms with Crippen LogP contribution in [0.15, 0.2) is 12.3 Å². The highest BCUT2D eigenvalue weighted by Gasteiger charge is 2.64. The van der Waals surface area contributed by atoms with Gasteiger partial charge in [0.2, 0.25) is 0 Å². The van der Waals surface area contributed by atoms with E-state index in [0.29, 0.717) is 0 Å². The van der Waals surface area contributed by atoms with Crippen LogP contribution >= 0.6 is 0 Å². The zero-order chi connectivity index (χ0) is 12.3. The van der Waals surface area contributed by atoms with Gasteiger partial charge in [0, 0.05) is 25.8 Å². The summed E-state index contributed by atoms with van der Waals surface area (Å²) >= 11 is 0. The third-order valence-electron chi connectivity index (χ3n) is 5.45. The molecule has 3 nitrogen and oxygen atoms in total. The lowest BCUT2D eigenvalue weighted by Crippen LogP contribution is -2.22. The molecule has 0 radical (unpaired) electrons. The number of nitrogens with one attached hydrogen (secondary N) is 1. The molecule has 0 aliphatic heterocycles. The highest BCUT2D eigenvalue weighted by atomic mass is 15.0. The van der Waals surface area contributed by atoms with Crippen LogP contribution in [-0.2, 0) is 13.6 Å². The van der Waals surface area contributed by atoms with Crippen LogP contribution in [-0.4, -0.2) is 10.6 Å². The first-order chi connectivity index (χ1) is 8.78. The maximum absolute atomic E-state index is 8.94. The van der Waals surface area contributed by atoms with E-state index in [4.69, 9.17) is 5.26 Å². The second-order valence-corrected chi connectivity index (χ2v) is 6.35. The van der Waals surface area contributed by atoms with E-state index in [2.05, 4.69) is 17.6 Å². The van der Waals surface area contributed by atoms with Gasteiger partial charge in [-0.15, -0.1) is 0 Å². The van der Waals surface area contributed by atoms with Crippen molar-refractivity contribution in [2.45, 2.75) is 31.8 Å². The van der Waals surface area contributed by atoms with Crippen LogP contribution in [0.4, 0.5) is 0 Å². The van der Waals surface area contributed by atoms with Gasteiger partial charge in [0.1, 0.15) is 11.8 Å². The number of nitrogens with zero attached hydrogens (tertiary/aromatic N) is 2. The monoisotopic (exact) mass is 241 g/mol. The molecule has 0 aromatic carbocycles. The minimum Gasteiger partial charge on any atom is -0.342 e. The van der Waals surface area contributed by atoms with E-state index in [1.807, 2.05) is 17.7 Å². The van der Waals surface area contributed by atoms with Crippen LogP contribution in [0.1, 0.15) is 30.5 Å². The number of nitriles is 1. The Bertz CT molecular complexity index is 508. The minimum atomic E-state index is 0.753. The van der Waals surface area contributed by atoms with Gasteiger partial charge in [0.25, 0.3) is 0 Å². The molecule has 4 unspecified atom stereocenters. The van der Waals surface area contributed by atoms with Crippen LogP contribution in [0.5, 0.6) is 0 Å². The number of hydrogen-bond donors (Lipinski definition) is 1. The molecule has 3 fully saturated rings. The van der Waals surface area contributed by atoms with Crippen molar-refractivity contribution in [2.75, 3.05) is 0 Å². The van der Waals surface area contributed by atoms with Crippen LogP contribution in [0.3, 0.4) is 0 Å². The third-order valence-corrected chi connectivity index (χ3v) is 5.45. The Morgan fingerprint density at radius 1 is 1.39 bits per heavy atom. The molecule has 94 valence electrons. The van der Waals surface area contributed by atoms with Gasteiger partial charge in [-0.05, 0) is 54.6 Å². The molecule has 3 saturated carbocycles. The van der Waals surface area contributed by atoms with Crippen molar-refractivity contribution < 1.29 is 0 Å². The van der Waals surface area contributed by atoms with Gasteiger partial charge in [0.15, 0.2) is 0 Å². The van der Waals surface area contributed by atoms with E-state index in [0.717, 1.165) is 42.0 Å². The quantitative estimate of drug-likeness (QED) is 0.879. The molecule has 18 heavy (non-hydrogen) atoms. The summed E-state index contributed by atoms with van der Waals surface area (Å²) in [6.07, 6.45) is 6.54. The second kappa shape index (κ2) is 3.61. The summed E-state index contributed by atoms with van der Waals surface area (Å²) < 4.78 is 1.91. The Morgan fingerprint density at radius 2 is 2.11 bits per heavy atom. The Labute approximate surface area is 108 Å². The summed E-state index contributed by atoms with van der Waals surface area (Å²) in [6.45, 7) is 0.923. The molecule has 3 aliphatic carbocycles. The van der Waals surface area contributed by atoms with Crippen molar-refractivity contribution in [3.05, 3.63) is 23.5 Å². The van der Waals surface area contributed by atoms with Gasteiger partial charge < -0.3 is 9.88 Å². The maximum atomic E-state index is 8.94. The zero-order valence-corrected chi connectivity index (χ0v) is 10.8. The lowest BCUT2D eigenvalue weighted by Gasteiger charge is -2.09. The summed E-state index contributed by atoms with van der Waals surface area (Å²) in [4.78, 5) is 0. The predicted octanol–water partition coefficient (Wildman–Crippen LogP) is 2.03. The number of hydrogen-bond acceptors (Lipinski definition) is 2. The highest BCUT2D eigenvalue weighted by molar-refractivity contribution is 5.28. The van der Waals surface area contributed by atoms with Crippen molar-refractivity contribution in [3.8, 4) is 6.07 Å². The average Bonchev–Trinajstić information content (AvgIpc) is 2.72. The van der Waals surface area contributed by atoms with Crippen molar-refractivity contribution in [1.29, 1.82) is 5.26 Å². The van der Waals surface area contributed by atoms with E-state index in [1.54, 1.807) is 0 Å². The molecular weight excluding hydrogens is 222 g/mol. The largest absolute Gasteiger partial charge is 0.342 e. The van der Waals surface area contributed by atoms with Crippen LogP contribution < -0.4 is 5.32 Å². The summed E-state index contributed by atoms with van der Waals surface area (Å²) in [6, 6.07) is 5.00. The topological polar surface area (TPSA) is 40.8 Å². The number of fused-ring (bicyclic) bond motifs is 5. The molecule has 1 aromatic heterocycles. The lowest BCUT2D eigenvalue weighted by atomic mass is 10.0. The van der Waals surface area contributed by atoms with E-state index in [1.165, 1.54) is 24.8 Å². The van der Waals surface area contributed by atoms with Crippen LogP contribution in [0.25, 0.3) is 0 Å². The number of aromatic nitrogens is 1. The maximum Gasteiger partial charge on any atom is 0.120 e. The van der Waals surface area contributed by atoms with Crippen LogP contribution in [0.2, 0.25) is 0 Å². The fourth-order valence-corrected chi connectivity index (χ4v) is 4.67. The fraction of sp³-hybridized carbons (Fsp3) is 0.667. The first-order valence-electron chi connectivity index (χ1n) is 7.06. The first-order valence-corrected chi connectivity index (χ1v) is 7.06. The standard InChI is InChI=1S/C15H19N3/c1-18-8-9(4-12(18)6-16)7-17-15-13-10-2-3-11(5-10)14(13)15/h4,8,10-11,13-15,17H,2-3,5,7H2,1H3. The van der Waals surface area contributed by atoms with Crippen molar-refractivity contribution in [2.24, 2.45) is 30.7 Å².